The molecule has 2 fully saturated rings. The Morgan fingerprint density at radius 1 is 1.24 bits per heavy atom. The van der Waals surface area contributed by atoms with E-state index in [1.807, 2.05) is 4.90 Å². The molecule has 0 radical (unpaired) electrons. The lowest BCUT2D eigenvalue weighted by Crippen LogP contribution is -2.51. The number of carbonyl (C=O) groups is 1. The molecule has 0 bridgehead atoms. The van der Waals surface area contributed by atoms with E-state index in [9.17, 15) is 23.1 Å². The Bertz CT molecular complexity index is 1030. The summed E-state index contributed by atoms with van der Waals surface area (Å²) < 4.78 is 39.7. The van der Waals surface area contributed by atoms with Gasteiger partial charge in [0.05, 0.1) is 11.1 Å². The van der Waals surface area contributed by atoms with Gasteiger partial charge in [-0.2, -0.15) is 13.2 Å². The predicted molar refractivity (Wildman–Crippen MR) is 123 cm³/mol. The van der Waals surface area contributed by atoms with Crippen LogP contribution in [0.25, 0.3) is 10.9 Å². The average Bonchev–Trinajstić information content (AvgIpc) is 3.17. The van der Waals surface area contributed by atoms with E-state index in [-0.39, 0.29) is 35.7 Å². The molecule has 10 heteroatoms. The van der Waals surface area contributed by atoms with Crippen molar-refractivity contribution in [3.8, 4) is 0 Å². The minimum Gasteiger partial charge on any atom is -0.396 e. The molecule has 4 rings (SSSR count). The third-order valence-electron chi connectivity index (χ3n) is 7.45. The van der Waals surface area contributed by atoms with E-state index in [1.165, 1.54) is 12.4 Å². The number of amides is 1. The highest BCUT2D eigenvalue weighted by atomic mass is 19.4. The summed E-state index contributed by atoms with van der Waals surface area (Å²) in [6, 6.07) is 3.47. The van der Waals surface area contributed by atoms with Crippen molar-refractivity contribution < 1.29 is 23.1 Å². The van der Waals surface area contributed by atoms with E-state index < -0.39 is 17.8 Å². The van der Waals surface area contributed by atoms with E-state index in [1.54, 1.807) is 0 Å². The number of fused-ring (bicyclic) bond motifs is 1. The second kappa shape index (κ2) is 9.65. The lowest BCUT2D eigenvalue weighted by Gasteiger charge is -2.44. The van der Waals surface area contributed by atoms with Crippen molar-refractivity contribution in [1.82, 2.24) is 19.8 Å². The normalized spacial score (nSPS) is 26.1. The van der Waals surface area contributed by atoms with Gasteiger partial charge >= 0.3 is 6.18 Å². The number of nitrogens with zero attached hydrogens (tertiary/aromatic N) is 4. The molecule has 1 aromatic carbocycles. The van der Waals surface area contributed by atoms with Crippen LogP contribution in [0.2, 0.25) is 0 Å². The van der Waals surface area contributed by atoms with Crippen LogP contribution in [0, 0.1) is 5.92 Å². The van der Waals surface area contributed by atoms with Gasteiger partial charge in [-0.15, -0.1) is 0 Å². The summed E-state index contributed by atoms with van der Waals surface area (Å²) in [4.78, 5) is 25.7. The molecule has 2 N–H and O–H groups in total. The molecule has 2 aliphatic rings. The zero-order chi connectivity index (χ0) is 24.6. The first-order valence-electron chi connectivity index (χ1n) is 11.8. The van der Waals surface area contributed by atoms with Crippen LogP contribution >= 0.6 is 0 Å². The first-order valence-corrected chi connectivity index (χ1v) is 11.8. The molecule has 186 valence electrons. The van der Waals surface area contributed by atoms with E-state index >= 15 is 0 Å². The fraction of sp³-hybridized carbons (Fsp3) is 0.625. The van der Waals surface area contributed by atoms with E-state index in [4.69, 9.17) is 0 Å². The fourth-order valence-electron chi connectivity index (χ4n) is 5.30. The summed E-state index contributed by atoms with van der Waals surface area (Å²) in [5.74, 6) is 0.118. The van der Waals surface area contributed by atoms with Crippen molar-refractivity contribution in [2.45, 2.75) is 69.9 Å². The van der Waals surface area contributed by atoms with E-state index in [0.717, 1.165) is 31.4 Å². The fourth-order valence-corrected chi connectivity index (χ4v) is 5.30. The van der Waals surface area contributed by atoms with Gasteiger partial charge in [-0.3, -0.25) is 4.79 Å². The van der Waals surface area contributed by atoms with Crippen LogP contribution in [0.5, 0.6) is 0 Å². The smallest absolute Gasteiger partial charge is 0.396 e. The highest BCUT2D eigenvalue weighted by molar-refractivity contribution is 5.93. The third kappa shape index (κ3) is 4.84. The molecule has 0 spiro atoms. The molecule has 1 aliphatic heterocycles. The van der Waals surface area contributed by atoms with E-state index in [2.05, 4.69) is 41.1 Å². The van der Waals surface area contributed by atoms with Gasteiger partial charge in [-0.25, -0.2) is 9.97 Å². The van der Waals surface area contributed by atoms with Gasteiger partial charge in [-0.1, -0.05) is 0 Å². The molecule has 34 heavy (non-hydrogen) atoms. The summed E-state index contributed by atoms with van der Waals surface area (Å²) in [5.41, 5.74) is -0.410. The first-order chi connectivity index (χ1) is 16.1. The lowest BCUT2D eigenvalue weighted by atomic mass is 9.80. The molecule has 1 amide bonds. The molecule has 2 heterocycles. The number of aliphatic hydroxyl groups excluding tert-OH is 1. The van der Waals surface area contributed by atoms with Crippen molar-refractivity contribution in [2.24, 2.45) is 5.92 Å². The molecular formula is C24H32F3N5O2. The summed E-state index contributed by atoms with van der Waals surface area (Å²) in [5, 5.41) is 13.4. The second-order valence-electron chi connectivity index (χ2n) is 9.71. The molecule has 7 nitrogen and oxygen atoms in total. The molecule has 1 saturated heterocycles. The number of anilines is 1. The van der Waals surface area contributed by atoms with Crippen LogP contribution in [0.1, 0.15) is 45.1 Å². The maximum Gasteiger partial charge on any atom is 0.416 e. The number of carbonyl (C=O) groups excluding carboxylic acids is 1. The Hall–Kier alpha value is -2.46. The lowest BCUT2D eigenvalue weighted by molar-refractivity contribution is -0.137. The SMILES string of the molecule is CC(C)N(C)[C@@H]1CC[C@H](N2CCC(Nc3ncnc4ccc(C(F)(F)F)cc34)C2=O)[C@H](CO)C1. The number of nitrogens with one attached hydrogen (secondary N) is 1. The number of alkyl halides is 3. The standard InChI is InChI=1S/C24H32F3N5O2/c1-14(2)31(3)17-5-7-21(15(10-17)12-33)32-9-8-20(23(32)34)30-22-18-11-16(24(25,26)27)4-6-19(18)28-13-29-22/h4,6,11,13-15,17,20-21,33H,5,7-10,12H2,1-3H3,(H,28,29,30)/t15-,17+,20?,21-/m0/s1. The zero-order valence-electron chi connectivity index (χ0n) is 19.7. The molecule has 1 aromatic heterocycles. The average molecular weight is 480 g/mol. The summed E-state index contributed by atoms with van der Waals surface area (Å²) in [6.07, 6.45) is -0.0838. The van der Waals surface area contributed by atoms with Crippen LogP contribution in [0.15, 0.2) is 24.5 Å². The zero-order valence-corrected chi connectivity index (χ0v) is 19.7. The Morgan fingerprint density at radius 2 is 2.00 bits per heavy atom. The van der Waals surface area contributed by atoms with Crippen molar-refractivity contribution in [1.29, 1.82) is 0 Å². The quantitative estimate of drug-likeness (QED) is 0.660. The van der Waals surface area contributed by atoms with Gasteiger partial charge in [-0.05, 0) is 64.8 Å². The largest absolute Gasteiger partial charge is 0.416 e. The van der Waals surface area contributed by atoms with Gasteiger partial charge in [0.2, 0.25) is 5.91 Å². The molecule has 1 saturated carbocycles. The molecule has 1 aliphatic carbocycles. The highest BCUT2D eigenvalue weighted by Crippen LogP contribution is 2.35. The first kappa shape index (κ1) is 24.7. The van der Waals surface area contributed by atoms with Crippen molar-refractivity contribution in [2.75, 3.05) is 25.5 Å². The Morgan fingerprint density at radius 3 is 2.68 bits per heavy atom. The van der Waals surface area contributed by atoms with Gasteiger partial charge in [0.25, 0.3) is 0 Å². The summed E-state index contributed by atoms with van der Waals surface area (Å²) in [6.45, 7) is 4.86. The number of hydrogen-bond acceptors (Lipinski definition) is 6. The van der Waals surface area contributed by atoms with Crippen LogP contribution < -0.4 is 5.32 Å². The van der Waals surface area contributed by atoms with Crippen LogP contribution in [-0.2, 0) is 11.0 Å². The van der Waals surface area contributed by atoms with Gasteiger partial charge in [0, 0.05) is 42.6 Å². The number of aromatic nitrogens is 2. The number of rotatable bonds is 6. The third-order valence-corrected chi connectivity index (χ3v) is 7.45. The number of hydrogen-bond donors (Lipinski definition) is 2. The molecule has 1 unspecified atom stereocenters. The highest BCUT2D eigenvalue weighted by Gasteiger charge is 2.42. The van der Waals surface area contributed by atoms with Gasteiger partial charge in [0.1, 0.15) is 18.2 Å². The number of aliphatic hydroxyl groups is 1. The minimum absolute atomic E-state index is 0.00289. The molecule has 4 atom stereocenters. The van der Waals surface area contributed by atoms with Crippen LogP contribution in [0.4, 0.5) is 19.0 Å². The molecule has 2 aromatic rings. The van der Waals surface area contributed by atoms with Crippen LogP contribution in [-0.4, -0.2) is 75.1 Å². The van der Waals surface area contributed by atoms with Crippen molar-refractivity contribution in [3.05, 3.63) is 30.1 Å². The predicted octanol–water partition coefficient (Wildman–Crippen LogP) is 3.53. The minimum atomic E-state index is -4.48. The maximum atomic E-state index is 13.3. The van der Waals surface area contributed by atoms with Gasteiger partial charge < -0.3 is 20.2 Å². The number of likely N-dealkylation sites (tertiary alicyclic amines) is 1. The summed E-state index contributed by atoms with van der Waals surface area (Å²) >= 11 is 0. The monoisotopic (exact) mass is 479 g/mol. The topological polar surface area (TPSA) is 81.6 Å². The Labute approximate surface area is 197 Å². The van der Waals surface area contributed by atoms with Gasteiger partial charge in [0.15, 0.2) is 0 Å². The summed E-state index contributed by atoms with van der Waals surface area (Å²) in [7, 11) is 2.10. The number of halogens is 3. The maximum absolute atomic E-state index is 13.3. The number of benzene rings is 1. The van der Waals surface area contributed by atoms with E-state index in [0.29, 0.717) is 30.6 Å². The Kier molecular flexibility index (Phi) is 7.00. The Balaban J connectivity index is 1.49. The van der Waals surface area contributed by atoms with Crippen molar-refractivity contribution >= 4 is 22.6 Å². The van der Waals surface area contributed by atoms with Crippen molar-refractivity contribution in [3.63, 3.8) is 0 Å². The van der Waals surface area contributed by atoms with Crippen LogP contribution in [0.3, 0.4) is 0 Å². The second-order valence-corrected chi connectivity index (χ2v) is 9.71. The molecular weight excluding hydrogens is 447 g/mol.